The summed E-state index contributed by atoms with van der Waals surface area (Å²) in [4.78, 5) is 23.8. The van der Waals surface area contributed by atoms with E-state index in [1.165, 1.54) is 0 Å². The van der Waals surface area contributed by atoms with Gasteiger partial charge in [-0.2, -0.15) is 0 Å². The Balaban J connectivity index is 1.66. The second-order valence-electron chi connectivity index (χ2n) is 5.93. The van der Waals surface area contributed by atoms with Gasteiger partial charge >= 0.3 is 0 Å². The second-order valence-corrected chi connectivity index (χ2v) is 7.65. The first-order valence-corrected chi connectivity index (χ1v) is 8.71. The molecular formula is C15H17NO4S. The number of fused-ring (bicyclic) bond motifs is 2. The van der Waals surface area contributed by atoms with Crippen molar-refractivity contribution in [2.45, 2.75) is 25.0 Å². The van der Waals surface area contributed by atoms with Crippen LogP contribution in [-0.2, 0) is 25.4 Å². The molecule has 3 atom stereocenters. The van der Waals surface area contributed by atoms with Gasteiger partial charge in [-0.05, 0) is 24.3 Å². The van der Waals surface area contributed by atoms with E-state index in [2.05, 4.69) is 4.72 Å². The highest BCUT2D eigenvalue weighted by Gasteiger charge is 2.48. The van der Waals surface area contributed by atoms with Gasteiger partial charge in [0.25, 0.3) is 0 Å². The van der Waals surface area contributed by atoms with Gasteiger partial charge in [0, 0.05) is 18.3 Å². The van der Waals surface area contributed by atoms with E-state index < -0.39 is 21.8 Å². The van der Waals surface area contributed by atoms with Crippen molar-refractivity contribution >= 4 is 21.7 Å². The van der Waals surface area contributed by atoms with E-state index in [-0.39, 0.29) is 23.4 Å². The Hall–Kier alpha value is -1.69. The van der Waals surface area contributed by atoms with Gasteiger partial charge in [0.15, 0.2) is 0 Å². The first-order valence-electron chi connectivity index (χ1n) is 7.05. The van der Waals surface area contributed by atoms with Crippen molar-refractivity contribution < 1.29 is 18.0 Å². The Morgan fingerprint density at radius 1 is 1.19 bits per heavy atom. The summed E-state index contributed by atoms with van der Waals surface area (Å²) >= 11 is 0. The summed E-state index contributed by atoms with van der Waals surface area (Å²) in [6, 6.07) is 8.70. The largest absolute Gasteiger partial charge is 0.299 e. The fraction of sp³-hybridized carbons (Fsp3) is 0.467. The fourth-order valence-corrected chi connectivity index (χ4v) is 4.61. The van der Waals surface area contributed by atoms with Crippen LogP contribution in [0, 0.1) is 17.8 Å². The molecule has 0 aliphatic heterocycles. The lowest BCUT2D eigenvalue weighted by Crippen LogP contribution is -2.40. The summed E-state index contributed by atoms with van der Waals surface area (Å²) < 4.78 is 26.2. The topological polar surface area (TPSA) is 80.3 Å². The van der Waals surface area contributed by atoms with Gasteiger partial charge in [-0.25, -0.2) is 8.42 Å². The number of ketones is 1. The predicted octanol–water partition coefficient (Wildman–Crippen LogP) is 1.25. The van der Waals surface area contributed by atoms with Gasteiger partial charge in [-0.15, -0.1) is 0 Å². The van der Waals surface area contributed by atoms with Crippen LogP contribution in [-0.4, -0.2) is 20.1 Å². The zero-order chi connectivity index (χ0) is 15.0. The monoisotopic (exact) mass is 307 g/mol. The average Bonchev–Trinajstić information content (AvgIpc) is 2.97. The number of nitrogens with one attached hydrogen (secondary N) is 1. The molecule has 1 N–H and O–H groups in total. The molecule has 2 bridgehead atoms. The fourth-order valence-electron chi connectivity index (χ4n) is 3.45. The smallest absolute Gasteiger partial charge is 0.239 e. The number of carbonyl (C=O) groups excluding carboxylic acids is 2. The minimum Gasteiger partial charge on any atom is -0.299 e. The highest BCUT2D eigenvalue weighted by Crippen LogP contribution is 2.46. The van der Waals surface area contributed by atoms with Gasteiger partial charge in [-0.3, -0.25) is 14.3 Å². The number of hydrogen-bond acceptors (Lipinski definition) is 4. The summed E-state index contributed by atoms with van der Waals surface area (Å²) in [5, 5.41) is 0. The predicted molar refractivity (Wildman–Crippen MR) is 76.5 cm³/mol. The Morgan fingerprint density at radius 3 is 2.52 bits per heavy atom. The van der Waals surface area contributed by atoms with Crippen LogP contribution >= 0.6 is 0 Å². The van der Waals surface area contributed by atoms with Gasteiger partial charge in [-0.1, -0.05) is 30.3 Å². The third-order valence-corrected chi connectivity index (χ3v) is 5.58. The number of Topliss-reactive ketones (excluding diaryl/α,β-unsaturated/α-hetero) is 1. The summed E-state index contributed by atoms with van der Waals surface area (Å²) in [7, 11) is -3.72. The molecule has 1 unspecified atom stereocenters. The van der Waals surface area contributed by atoms with Crippen molar-refractivity contribution in [3.63, 3.8) is 0 Å². The van der Waals surface area contributed by atoms with E-state index in [0.29, 0.717) is 18.4 Å². The van der Waals surface area contributed by atoms with E-state index in [9.17, 15) is 18.0 Å². The lowest BCUT2D eigenvalue weighted by molar-refractivity contribution is -0.132. The Morgan fingerprint density at radius 2 is 1.90 bits per heavy atom. The van der Waals surface area contributed by atoms with Crippen LogP contribution in [0.3, 0.4) is 0 Å². The van der Waals surface area contributed by atoms with Gasteiger partial charge < -0.3 is 0 Å². The Labute approximate surface area is 123 Å². The maximum atomic E-state index is 12.1. The maximum absolute atomic E-state index is 12.1. The third-order valence-electron chi connectivity index (χ3n) is 4.36. The highest BCUT2D eigenvalue weighted by molar-refractivity contribution is 7.89. The molecule has 1 aromatic rings. The number of amides is 1. The molecule has 2 saturated carbocycles. The average molecular weight is 307 g/mol. The minimum absolute atomic E-state index is 0.104. The molecule has 21 heavy (non-hydrogen) atoms. The molecule has 2 aliphatic rings. The van der Waals surface area contributed by atoms with E-state index in [0.717, 1.165) is 6.42 Å². The van der Waals surface area contributed by atoms with Crippen LogP contribution in [0.25, 0.3) is 0 Å². The first kappa shape index (κ1) is 14.3. The quantitative estimate of drug-likeness (QED) is 0.908. The van der Waals surface area contributed by atoms with Crippen molar-refractivity contribution in [2.24, 2.45) is 17.8 Å². The molecule has 6 heteroatoms. The molecule has 0 radical (unpaired) electrons. The standard InChI is InChI=1S/C15H17NO4S/c17-14-8-11-6-12(14)13(7-11)15(18)16-21(19,20)9-10-4-2-1-3-5-10/h1-5,11-13H,6-9H2,(H,16,18)/t11-,12+,13?/m0/s1. The lowest BCUT2D eigenvalue weighted by Gasteiger charge is -2.19. The van der Waals surface area contributed by atoms with E-state index in [1.54, 1.807) is 30.3 Å². The van der Waals surface area contributed by atoms with E-state index in [4.69, 9.17) is 0 Å². The van der Waals surface area contributed by atoms with Crippen LogP contribution in [0.4, 0.5) is 0 Å². The number of sulfonamides is 1. The molecule has 0 heterocycles. The first-order chi connectivity index (χ1) is 9.94. The molecule has 5 nitrogen and oxygen atoms in total. The van der Waals surface area contributed by atoms with Gasteiger partial charge in [0.05, 0.1) is 5.75 Å². The lowest BCUT2D eigenvalue weighted by atomic mass is 9.87. The molecule has 1 amide bonds. The number of rotatable bonds is 4. The van der Waals surface area contributed by atoms with Gasteiger partial charge in [0.2, 0.25) is 15.9 Å². The third kappa shape index (κ3) is 3.00. The normalized spacial score (nSPS) is 27.8. The number of benzene rings is 1. The second kappa shape index (κ2) is 5.26. The summed E-state index contributed by atoms with van der Waals surface area (Å²) in [6.07, 6.45) is 1.91. The summed E-state index contributed by atoms with van der Waals surface area (Å²) in [5.74, 6) is -1.13. The summed E-state index contributed by atoms with van der Waals surface area (Å²) in [5.41, 5.74) is 0.627. The van der Waals surface area contributed by atoms with Crippen LogP contribution < -0.4 is 4.72 Å². The molecule has 0 aromatic heterocycles. The number of carbonyl (C=O) groups is 2. The molecule has 2 aliphatic carbocycles. The van der Waals surface area contributed by atoms with Crippen LogP contribution in [0.2, 0.25) is 0 Å². The zero-order valence-electron chi connectivity index (χ0n) is 11.5. The number of hydrogen-bond donors (Lipinski definition) is 1. The van der Waals surface area contributed by atoms with E-state index in [1.807, 2.05) is 0 Å². The Kier molecular flexibility index (Phi) is 3.57. The van der Waals surface area contributed by atoms with Gasteiger partial charge in [0.1, 0.15) is 5.78 Å². The Bertz CT molecular complexity index is 668. The van der Waals surface area contributed by atoms with Crippen molar-refractivity contribution in [3.8, 4) is 0 Å². The van der Waals surface area contributed by atoms with Crippen molar-refractivity contribution in [3.05, 3.63) is 35.9 Å². The maximum Gasteiger partial charge on any atom is 0.239 e. The molecular weight excluding hydrogens is 290 g/mol. The molecule has 3 rings (SSSR count). The molecule has 1 aromatic carbocycles. The minimum atomic E-state index is -3.72. The van der Waals surface area contributed by atoms with Crippen molar-refractivity contribution in [1.29, 1.82) is 0 Å². The molecule has 112 valence electrons. The van der Waals surface area contributed by atoms with E-state index >= 15 is 0 Å². The zero-order valence-corrected chi connectivity index (χ0v) is 12.3. The van der Waals surface area contributed by atoms with Crippen LogP contribution in [0.1, 0.15) is 24.8 Å². The van der Waals surface area contributed by atoms with Crippen LogP contribution in [0.5, 0.6) is 0 Å². The van der Waals surface area contributed by atoms with Crippen molar-refractivity contribution in [2.75, 3.05) is 0 Å². The molecule has 2 fully saturated rings. The van der Waals surface area contributed by atoms with Crippen molar-refractivity contribution in [1.82, 2.24) is 4.72 Å². The van der Waals surface area contributed by atoms with Crippen LogP contribution in [0.15, 0.2) is 30.3 Å². The molecule has 0 spiro atoms. The SMILES string of the molecule is O=C(NS(=O)(=O)Cc1ccccc1)C1C[C@H]2CC(=O)[C@@H]1C2. The summed E-state index contributed by atoms with van der Waals surface area (Å²) in [6.45, 7) is 0. The molecule has 0 saturated heterocycles. The highest BCUT2D eigenvalue weighted by atomic mass is 32.2.